The number of nitriles is 1. The van der Waals surface area contributed by atoms with Gasteiger partial charge in [0.25, 0.3) is 0 Å². The van der Waals surface area contributed by atoms with Gasteiger partial charge in [0.05, 0.1) is 12.1 Å². The van der Waals surface area contributed by atoms with Gasteiger partial charge < -0.3 is 5.32 Å². The first-order chi connectivity index (χ1) is 6.85. The van der Waals surface area contributed by atoms with Gasteiger partial charge in [-0.25, -0.2) is 0 Å². The fraction of sp³-hybridized carbons (Fsp3) is 0.909. The van der Waals surface area contributed by atoms with Crippen molar-refractivity contribution in [1.82, 2.24) is 5.32 Å². The van der Waals surface area contributed by atoms with Crippen LogP contribution in [0.1, 0.15) is 39.5 Å². The van der Waals surface area contributed by atoms with Crippen LogP contribution < -0.4 is 5.32 Å². The summed E-state index contributed by atoms with van der Waals surface area (Å²) >= 11 is 1.96. The number of nitrogens with zero attached hydrogens (tertiary/aromatic N) is 1. The van der Waals surface area contributed by atoms with Gasteiger partial charge in [0, 0.05) is 0 Å². The molecule has 82 valence electrons. The minimum Gasteiger partial charge on any atom is -0.302 e. The number of hydrogen-bond donors (Lipinski definition) is 1. The molecule has 0 aliphatic heterocycles. The second-order valence-electron chi connectivity index (χ2n) is 3.39. The minimum absolute atomic E-state index is 0.0593. The third-order valence-corrected chi connectivity index (χ3v) is 3.09. The van der Waals surface area contributed by atoms with Crippen LogP contribution in [0.3, 0.4) is 0 Å². The summed E-state index contributed by atoms with van der Waals surface area (Å²) in [7, 11) is 0. The highest BCUT2D eigenvalue weighted by molar-refractivity contribution is 7.99. The lowest BCUT2D eigenvalue weighted by Crippen LogP contribution is -2.28. The van der Waals surface area contributed by atoms with Crippen molar-refractivity contribution in [3.05, 3.63) is 0 Å². The van der Waals surface area contributed by atoms with Gasteiger partial charge in [-0.15, -0.1) is 0 Å². The Hall–Kier alpha value is -0.200. The van der Waals surface area contributed by atoms with Crippen LogP contribution in [0.5, 0.6) is 0 Å². The molecule has 0 spiro atoms. The molecular weight excluding hydrogens is 192 g/mol. The first-order valence-electron chi connectivity index (χ1n) is 5.55. The summed E-state index contributed by atoms with van der Waals surface area (Å²) in [5.41, 5.74) is 0. The largest absolute Gasteiger partial charge is 0.302 e. The predicted molar refractivity (Wildman–Crippen MR) is 64.5 cm³/mol. The smallest absolute Gasteiger partial charge is 0.0960 e. The van der Waals surface area contributed by atoms with Gasteiger partial charge in [0.1, 0.15) is 0 Å². The van der Waals surface area contributed by atoms with Crippen molar-refractivity contribution in [2.45, 2.75) is 45.6 Å². The summed E-state index contributed by atoms with van der Waals surface area (Å²) in [4.78, 5) is 0. The van der Waals surface area contributed by atoms with E-state index >= 15 is 0 Å². The zero-order valence-corrected chi connectivity index (χ0v) is 10.2. The molecule has 0 heterocycles. The zero-order chi connectivity index (χ0) is 10.6. The number of thioether (sulfide) groups is 1. The SMILES string of the molecule is CCCCSCCC(C#N)NCCC. The molecule has 0 saturated carbocycles. The molecule has 1 atom stereocenters. The molecule has 2 nitrogen and oxygen atoms in total. The molecule has 0 saturated heterocycles. The van der Waals surface area contributed by atoms with Crippen molar-refractivity contribution in [2.24, 2.45) is 0 Å². The second-order valence-corrected chi connectivity index (χ2v) is 4.62. The van der Waals surface area contributed by atoms with Crippen LogP contribution >= 0.6 is 11.8 Å². The summed E-state index contributed by atoms with van der Waals surface area (Å²) in [6.45, 7) is 5.29. The third kappa shape index (κ3) is 8.40. The highest BCUT2D eigenvalue weighted by Gasteiger charge is 2.04. The topological polar surface area (TPSA) is 35.8 Å². The summed E-state index contributed by atoms with van der Waals surface area (Å²) in [6.07, 6.45) is 4.64. The Morgan fingerprint density at radius 1 is 1.29 bits per heavy atom. The number of rotatable bonds is 9. The van der Waals surface area contributed by atoms with E-state index in [2.05, 4.69) is 25.2 Å². The molecule has 0 rings (SSSR count). The highest BCUT2D eigenvalue weighted by atomic mass is 32.2. The predicted octanol–water partition coefficient (Wildman–Crippen LogP) is 2.80. The van der Waals surface area contributed by atoms with Crippen molar-refractivity contribution < 1.29 is 0 Å². The Balaban J connectivity index is 3.30. The van der Waals surface area contributed by atoms with Gasteiger partial charge >= 0.3 is 0 Å². The lowest BCUT2D eigenvalue weighted by atomic mass is 10.2. The van der Waals surface area contributed by atoms with Crippen LogP contribution in [0.2, 0.25) is 0 Å². The average Bonchev–Trinajstić information content (AvgIpc) is 2.22. The van der Waals surface area contributed by atoms with E-state index in [1.54, 1.807) is 0 Å². The standard InChI is InChI=1S/C11H22N2S/c1-3-5-8-14-9-6-11(10-12)13-7-4-2/h11,13H,3-9H2,1-2H3. The summed E-state index contributed by atoms with van der Waals surface area (Å²) in [5, 5.41) is 12.1. The van der Waals surface area contributed by atoms with Crippen LogP contribution in [-0.4, -0.2) is 24.1 Å². The Morgan fingerprint density at radius 2 is 2.07 bits per heavy atom. The highest BCUT2D eigenvalue weighted by Crippen LogP contribution is 2.07. The van der Waals surface area contributed by atoms with Crippen molar-refractivity contribution in [2.75, 3.05) is 18.1 Å². The van der Waals surface area contributed by atoms with Crippen LogP contribution in [0.25, 0.3) is 0 Å². The molecule has 14 heavy (non-hydrogen) atoms. The number of hydrogen-bond acceptors (Lipinski definition) is 3. The first kappa shape index (κ1) is 13.8. The molecule has 0 aromatic heterocycles. The van der Waals surface area contributed by atoms with Crippen LogP contribution in [0.4, 0.5) is 0 Å². The quantitative estimate of drug-likeness (QED) is 0.600. The summed E-state index contributed by atoms with van der Waals surface area (Å²) in [5.74, 6) is 2.34. The summed E-state index contributed by atoms with van der Waals surface area (Å²) in [6, 6.07) is 2.36. The molecule has 0 aliphatic carbocycles. The summed E-state index contributed by atoms with van der Waals surface area (Å²) < 4.78 is 0. The van der Waals surface area contributed by atoms with E-state index in [1.165, 1.54) is 18.6 Å². The fourth-order valence-electron chi connectivity index (χ4n) is 1.08. The van der Waals surface area contributed by atoms with E-state index in [0.29, 0.717) is 0 Å². The van der Waals surface area contributed by atoms with Crippen LogP contribution in [0.15, 0.2) is 0 Å². The van der Waals surface area contributed by atoms with Crippen molar-refractivity contribution in [3.63, 3.8) is 0 Å². The molecule has 0 aliphatic rings. The van der Waals surface area contributed by atoms with E-state index in [9.17, 15) is 0 Å². The van der Waals surface area contributed by atoms with Gasteiger partial charge in [0.2, 0.25) is 0 Å². The van der Waals surface area contributed by atoms with E-state index in [-0.39, 0.29) is 6.04 Å². The minimum atomic E-state index is 0.0593. The maximum atomic E-state index is 8.83. The van der Waals surface area contributed by atoms with Crippen molar-refractivity contribution in [3.8, 4) is 6.07 Å². The van der Waals surface area contributed by atoms with E-state index in [0.717, 1.165) is 25.1 Å². The molecule has 0 aromatic rings. The molecular formula is C11H22N2S. The normalized spacial score (nSPS) is 12.4. The maximum absolute atomic E-state index is 8.83. The first-order valence-corrected chi connectivity index (χ1v) is 6.71. The lowest BCUT2D eigenvalue weighted by molar-refractivity contribution is 0.585. The monoisotopic (exact) mass is 214 g/mol. The molecule has 0 radical (unpaired) electrons. The van der Waals surface area contributed by atoms with E-state index < -0.39 is 0 Å². The second kappa shape index (κ2) is 10.9. The Bertz CT molecular complexity index is 154. The van der Waals surface area contributed by atoms with E-state index in [4.69, 9.17) is 5.26 Å². The number of nitrogens with one attached hydrogen (secondary N) is 1. The van der Waals surface area contributed by atoms with Gasteiger partial charge in [-0.05, 0) is 37.3 Å². The van der Waals surface area contributed by atoms with Crippen molar-refractivity contribution in [1.29, 1.82) is 5.26 Å². The van der Waals surface area contributed by atoms with Crippen LogP contribution in [-0.2, 0) is 0 Å². The van der Waals surface area contributed by atoms with Crippen molar-refractivity contribution >= 4 is 11.8 Å². The molecule has 1 N–H and O–H groups in total. The van der Waals surface area contributed by atoms with Gasteiger partial charge in [0.15, 0.2) is 0 Å². The molecule has 0 fully saturated rings. The lowest BCUT2D eigenvalue weighted by Gasteiger charge is -2.09. The molecule has 0 aromatic carbocycles. The Morgan fingerprint density at radius 3 is 2.64 bits per heavy atom. The number of unbranched alkanes of at least 4 members (excludes halogenated alkanes) is 1. The third-order valence-electron chi connectivity index (χ3n) is 1.99. The molecule has 3 heteroatoms. The van der Waals surface area contributed by atoms with Crippen LogP contribution in [0, 0.1) is 11.3 Å². The van der Waals surface area contributed by atoms with Gasteiger partial charge in [-0.1, -0.05) is 20.3 Å². The fourth-order valence-corrected chi connectivity index (χ4v) is 2.18. The molecule has 1 unspecified atom stereocenters. The van der Waals surface area contributed by atoms with Gasteiger partial charge in [-0.3, -0.25) is 0 Å². The Labute approximate surface area is 92.5 Å². The van der Waals surface area contributed by atoms with Gasteiger partial charge in [-0.2, -0.15) is 17.0 Å². The zero-order valence-electron chi connectivity index (χ0n) is 9.38. The molecule has 0 amide bonds. The van der Waals surface area contributed by atoms with E-state index in [1.807, 2.05) is 11.8 Å². The maximum Gasteiger partial charge on any atom is 0.0960 e. The average molecular weight is 214 g/mol. The molecule has 0 bridgehead atoms. The Kier molecular flexibility index (Phi) is 10.7.